The molecule has 2 bridgehead atoms. The van der Waals surface area contributed by atoms with E-state index < -0.39 is 0 Å². The van der Waals surface area contributed by atoms with Gasteiger partial charge in [-0.2, -0.15) is 9.97 Å². The van der Waals surface area contributed by atoms with E-state index in [0.717, 1.165) is 61.7 Å². The van der Waals surface area contributed by atoms with Gasteiger partial charge in [0.1, 0.15) is 5.82 Å². The van der Waals surface area contributed by atoms with Crippen LogP contribution in [0.15, 0.2) is 40.9 Å². The number of piperazine rings is 1. The smallest absolute Gasteiger partial charge is 0.318 e. The lowest BCUT2D eigenvalue weighted by molar-refractivity contribution is 0.169. The molecule has 3 aromatic rings. The van der Waals surface area contributed by atoms with E-state index in [1.807, 2.05) is 0 Å². The average molecular weight is 618 g/mol. The van der Waals surface area contributed by atoms with Crippen molar-refractivity contribution >= 4 is 38.2 Å². The number of hydrogen-bond acceptors (Lipinski definition) is 7. The van der Waals surface area contributed by atoms with E-state index in [1.54, 1.807) is 0 Å². The van der Waals surface area contributed by atoms with Crippen LogP contribution in [0.1, 0.15) is 56.7 Å². The quantitative estimate of drug-likeness (QED) is 0.374. The van der Waals surface area contributed by atoms with E-state index in [9.17, 15) is 0 Å². The van der Waals surface area contributed by atoms with Crippen LogP contribution in [0, 0.1) is 5.41 Å². The molecule has 1 aliphatic carbocycles. The van der Waals surface area contributed by atoms with E-state index in [2.05, 4.69) is 79.3 Å². The Balaban J connectivity index is 1.11. The highest BCUT2D eigenvalue weighted by Gasteiger charge is 2.46. The summed E-state index contributed by atoms with van der Waals surface area (Å²) in [5.41, 5.74) is 4.15. The number of ether oxygens (including phenoxy) is 1. The van der Waals surface area contributed by atoms with E-state index >= 15 is 0 Å². The number of fused-ring (bicyclic) bond motifs is 4. The lowest BCUT2D eigenvalue weighted by Crippen LogP contribution is -2.58. The van der Waals surface area contributed by atoms with E-state index in [-0.39, 0.29) is 11.0 Å². The van der Waals surface area contributed by atoms with Crippen molar-refractivity contribution in [3.8, 4) is 6.01 Å². The zero-order valence-corrected chi connectivity index (χ0v) is 25.8. The molecule has 3 saturated heterocycles. The molecule has 5 heterocycles. The Bertz CT molecular complexity index is 1460. The van der Waals surface area contributed by atoms with Gasteiger partial charge in [0, 0.05) is 64.3 Å². The van der Waals surface area contributed by atoms with Gasteiger partial charge in [0.15, 0.2) is 0 Å². The van der Waals surface area contributed by atoms with Gasteiger partial charge in [-0.1, -0.05) is 40.2 Å². The summed E-state index contributed by atoms with van der Waals surface area (Å²) in [7, 11) is 0. The molecule has 41 heavy (non-hydrogen) atoms. The molecule has 1 N–H and O–H groups in total. The summed E-state index contributed by atoms with van der Waals surface area (Å²) in [6, 6.07) is 14.2. The van der Waals surface area contributed by atoms with Crippen molar-refractivity contribution in [3.05, 3.63) is 52.1 Å². The summed E-state index contributed by atoms with van der Waals surface area (Å²) in [5.74, 6) is 1.12. The highest BCUT2D eigenvalue weighted by molar-refractivity contribution is 9.10. The molecule has 5 aliphatic rings. The van der Waals surface area contributed by atoms with Crippen LogP contribution in [0.5, 0.6) is 6.01 Å². The third-order valence-electron chi connectivity index (χ3n) is 10.3. The van der Waals surface area contributed by atoms with Gasteiger partial charge in [-0.25, -0.2) is 0 Å². The van der Waals surface area contributed by atoms with Crippen LogP contribution in [0.2, 0.25) is 0 Å². The largest absolute Gasteiger partial charge is 0.463 e. The summed E-state index contributed by atoms with van der Waals surface area (Å²) in [5, 5.41) is 6.39. The fourth-order valence-electron chi connectivity index (χ4n) is 7.92. The first-order valence-electron chi connectivity index (χ1n) is 15.7. The number of benzene rings is 2. The first-order valence-corrected chi connectivity index (χ1v) is 16.5. The summed E-state index contributed by atoms with van der Waals surface area (Å²) in [4.78, 5) is 18.0. The monoisotopic (exact) mass is 616 g/mol. The Hall–Kier alpha value is -2.42. The zero-order chi connectivity index (χ0) is 27.6. The second kappa shape index (κ2) is 10.1. The third-order valence-corrected chi connectivity index (χ3v) is 11.0. The molecule has 8 heteroatoms. The van der Waals surface area contributed by atoms with Gasteiger partial charge in [-0.05, 0) is 82.5 Å². The summed E-state index contributed by atoms with van der Waals surface area (Å²) < 4.78 is 7.69. The number of hydrogen-bond donors (Lipinski definition) is 1. The van der Waals surface area contributed by atoms with Crippen LogP contribution in [-0.4, -0.2) is 72.3 Å². The van der Waals surface area contributed by atoms with Gasteiger partial charge in [0.05, 0.1) is 18.8 Å². The Morgan fingerprint density at radius 3 is 2.66 bits per heavy atom. The minimum atomic E-state index is 0.158. The van der Waals surface area contributed by atoms with E-state index in [4.69, 9.17) is 14.7 Å². The molecule has 1 saturated carbocycles. The number of likely N-dealkylation sites (tertiary alicyclic amines) is 1. The molecule has 7 nitrogen and oxygen atoms in total. The van der Waals surface area contributed by atoms with Crippen LogP contribution in [0.3, 0.4) is 0 Å². The molecule has 216 valence electrons. The normalized spacial score (nSPS) is 26.9. The number of aromatic nitrogens is 2. The second-order valence-electron chi connectivity index (χ2n) is 13.6. The van der Waals surface area contributed by atoms with Crippen LogP contribution < -0.4 is 19.9 Å². The van der Waals surface area contributed by atoms with Crippen molar-refractivity contribution < 1.29 is 4.74 Å². The Morgan fingerprint density at radius 1 is 1.02 bits per heavy atom. The molecular formula is C33H41BrN6O. The highest BCUT2D eigenvalue weighted by atomic mass is 79.9. The molecule has 4 aliphatic heterocycles. The molecule has 4 fully saturated rings. The average Bonchev–Trinajstić information content (AvgIpc) is 3.43. The van der Waals surface area contributed by atoms with Crippen molar-refractivity contribution in [2.75, 3.05) is 55.7 Å². The van der Waals surface area contributed by atoms with Crippen molar-refractivity contribution in [2.24, 2.45) is 5.41 Å². The topological polar surface area (TPSA) is 56.8 Å². The molecule has 1 unspecified atom stereocenters. The minimum absolute atomic E-state index is 0.158. The molecular weight excluding hydrogens is 576 g/mol. The van der Waals surface area contributed by atoms with Crippen LogP contribution in [0.4, 0.5) is 11.5 Å². The number of nitrogens with zero attached hydrogens (tertiary/aromatic N) is 5. The van der Waals surface area contributed by atoms with Gasteiger partial charge < -0.3 is 24.8 Å². The lowest BCUT2D eigenvalue weighted by Gasteiger charge is -2.41. The van der Waals surface area contributed by atoms with Gasteiger partial charge in [0.2, 0.25) is 0 Å². The first-order chi connectivity index (χ1) is 20.0. The molecule has 1 aromatic heterocycles. The van der Waals surface area contributed by atoms with Gasteiger partial charge in [0.25, 0.3) is 0 Å². The maximum absolute atomic E-state index is 6.55. The van der Waals surface area contributed by atoms with Crippen molar-refractivity contribution in [3.63, 3.8) is 0 Å². The number of halogens is 1. The van der Waals surface area contributed by atoms with Gasteiger partial charge >= 0.3 is 6.01 Å². The molecule has 0 amide bonds. The maximum atomic E-state index is 6.55. The third kappa shape index (κ3) is 5.00. The minimum Gasteiger partial charge on any atom is -0.463 e. The Kier molecular flexibility index (Phi) is 6.46. The molecule has 0 spiro atoms. The Labute approximate surface area is 251 Å². The van der Waals surface area contributed by atoms with Gasteiger partial charge in [-0.15, -0.1) is 0 Å². The number of rotatable bonds is 7. The first kappa shape index (κ1) is 26.2. The van der Waals surface area contributed by atoms with Crippen molar-refractivity contribution in [2.45, 2.75) is 70.0 Å². The molecule has 2 atom stereocenters. The lowest BCUT2D eigenvalue weighted by atomic mass is 9.98. The zero-order valence-electron chi connectivity index (χ0n) is 24.2. The van der Waals surface area contributed by atoms with E-state index in [1.165, 1.54) is 73.6 Å². The maximum Gasteiger partial charge on any atom is 0.318 e. The molecule has 2 aromatic carbocycles. The van der Waals surface area contributed by atoms with Gasteiger partial charge in [-0.3, -0.25) is 0 Å². The predicted octanol–water partition coefficient (Wildman–Crippen LogP) is 5.54. The standard InChI is InChI=1S/C33H41BrN6O/c1-32-12-10-24(37-32)18-40(20-32)30-25-11-17-39(28-9-5-7-23-6-4-8-26(34)29(23)28)19-27(25)35-31(36-30)41-22-33(13-14-33)21-38-15-2-3-16-38/h4-9,24,37H,2-3,10-22H2,1H3/t24-,32?/m0/s1. The number of anilines is 2. The predicted molar refractivity (Wildman–Crippen MR) is 168 cm³/mol. The second-order valence-corrected chi connectivity index (χ2v) is 14.5. The molecule has 0 radical (unpaired) electrons. The van der Waals surface area contributed by atoms with E-state index in [0.29, 0.717) is 12.1 Å². The van der Waals surface area contributed by atoms with Crippen LogP contribution >= 0.6 is 15.9 Å². The van der Waals surface area contributed by atoms with Crippen LogP contribution in [0.25, 0.3) is 10.8 Å². The van der Waals surface area contributed by atoms with Crippen molar-refractivity contribution in [1.29, 1.82) is 0 Å². The number of nitrogens with one attached hydrogen (secondary N) is 1. The molecule has 8 rings (SSSR count). The summed E-state index contributed by atoms with van der Waals surface area (Å²) in [6.07, 6.45) is 8.59. The van der Waals surface area contributed by atoms with Crippen LogP contribution in [-0.2, 0) is 13.0 Å². The highest BCUT2D eigenvalue weighted by Crippen LogP contribution is 2.47. The fraction of sp³-hybridized carbons (Fsp3) is 0.576. The SMILES string of the molecule is CC12CC[C@@H](CN(c3nc(OCC4(CN5CCCC5)CC4)nc4c3CCN(c3cccc5cccc(Br)c35)C4)C1)N2. The van der Waals surface area contributed by atoms with Crippen molar-refractivity contribution in [1.82, 2.24) is 20.2 Å². The Morgan fingerprint density at radius 2 is 1.85 bits per heavy atom. The summed E-state index contributed by atoms with van der Waals surface area (Å²) >= 11 is 3.83. The fourth-order valence-corrected chi connectivity index (χ4v) is 8.51. The summed E-state index contributed by atoms with van der Waals surface area (Å²) in [6.45, 7) is 10.5.